The Kier molecular flexibility index (Phi) is 4.39. The van der Waals surface area contributed by atoms with E-state index in [0.29, 0.717) is 18.7 Å². The van der Waals surface area contributed by atoms with Gasteiger partial charge in [0.2, 0.25) is 5.95 Å². The van der Waals surface area contributed by atoms with Crippen LogP contribution in [0.15, 0.2) is 12.5 Å². The van der Waals surface area contributed by atoms with Gasteiger partial charge in [0.05, 0.1) is 17.5 Å². The molecule has 0 saturated carbocycles. The van der Waals surface area contributed by atoms with Crippen molar-refractivity contribution in [2.45, 2.75) is 25.3 Å². The van der Waals surface area contributed by atoms with Gasteiger partial charge in [-0.05, 0) is 19.4 Å². The Morgan fingerprint density at radius 2 is 2.08 bits per heavy atom. The summed E-state index contributed by atoms with van der Waals surface area (Å²) in [5.74, 6) is 0.913. The average Bonchev–Trinajstić information content (AvgIpc) is 3.31. The van der Waals surface area contributed by atoms with Gasteiger partial charge in [0.25, 0.3) is 5.91 Å². The first-order valence-electron chi connectivity index (χ1n) is 8.89. The SMILES string of the molecule is Cn1cnnc1N1CCN(C(=O)c2cn[nH]c2C2CCCCN2)CC1. The minimum Gasteiger partial charge on any atom is -0.337 e. The van der Waals surface area contributed by atoms with E-state index in [-0.39, 0.29) is 11.9 Å². The van der Waals surface area contributed by atoms with Crippen LogP contribution in [0.1, 0.15) is 41.4 Å². The Morgan fingerprint density at radius 1 is 1.24 bits per heavy atom. The van der Waals surface area contributed by atoms with E-state index in [2.05, 4.69) is 30.6 Å². The van der Waals surface area contributed by atoms with Crippen LogP contribution in [0.25, 0.3) is 0 Å². The molecule has 1 unspecified atom stereocenters. The molecule has 9 nitrogen and oxygen atoms in total. The van der Waals surface area contributed by atoms with Crippen molar-refractivity contribution in [3.05, 3.63) is 23.8 Å². The smallest absolute Gasteiger partial charge is 0.257 e. The van der Waals surface area contributed by atoms with Crippen molar-refractivity contribution in [2.24, 2.45) is 7.05 Å². The van der Waals surface area contributed by atoms with E-state index in [1.54, 1.807) is 12.5 Å². The van der Waals surface area contributed by atoms with Gasteiger partial charge < -0.3 is 19.7 Å². The normalized spacial score (nSPS) is 21.6. The highest BCUT2D eigenvalue weighted by Crippen LogP contribution is 2.25. The van der Waals surface area contributed by atoms with Gasteiger partial charge in [0.15, 0.2) is 0 Å². The summed E-state index contributed by atoms with van der Waals surface area (Å²) in [6.07, 6.45) is 6.78. The van der Waals surface area contributed by atoms with Crippen molar-refractivity contribution < 1.29 is 4.79 Å². The standard InChI is InChI=1S/C16H24N8O/c1-22-11-19-21-16(22)24-8-6-23(7-9-24)15(25)12-10-18-20-14(12)13-4-2-3-5-17-13/h10-11,13,17H,2-9H2,1H3,(H,18,20). The molecule has 2 aromatic rings. The number of aromatic amines is 1. The van der Waals surface area contributed by atoms with Gasteiger partial charge >= 0.3 is 0 Å². The zero-order chi connectivity index (χ0) is 17.2. The van der Waals surface area contributed by atoms with Crippen LogP contribution in [0, 0.1) is 0 Å². The monoisotopic (exact) mass is 344 g/mol. The molecule has 2 aromatic heterocycles. The van der Waals surface area contributed by atoms with Gasteiger partial charge in [-0.2, -0.15) is 5.10 Å². The van der Waals surface area contributed by atoms with Crippen LogP contribution in [0.5, 0.6) is 0 Å². The van der Waals surface area contributed by atoms with Crippen molar-refractivity contribution in [1.29, 1.82) is 0 Å². The third kappa shape index (κ3) is 3.11. The number of rotatable bonds is 3. The Hall–Kier alpha value is -2.42. The number of nitrogens with one attached hydrogen (secondary N) is 2. The average molecular weight is 344 g/mol. The highest BCUT2D eigenvalue weighted by molar-refractivity contribution is 5.95. The lowest BCUT2D eigenvalue weighted by Crippen LogP contribution is -2.49. The van der Waals surface area contributed by atoms with Crippen LogP contribution in [0.2, 0.25) is 0 Å². The minimum atomic E-state index is 0.0636. The maximum absolute atomic E-state index is 13.0. The van der Waals surface area contributed by atoms with Crippen LogP contribution >= 0.6 is 0 Å². The van der Waals surface area contributed by atoms with E-state index in [0.717, 1.165) is 37.7 Å². The zero-order valence-corrected chi connectivity index (χ0v) is 14.5. The number of aryl methyl sites for hydroxylation is 1. The topological polar surface area (TPSA) is 95.0 Å². The summed E-state index contributed by atoms with van der Waals surface area (Å²) in [6, 6.07) is 0.204. The maximum atomic E-state index is 13.0. The molecule has 25 heavy (non-hydrogen) atoms. The molecule has 2 aliphatic rings. The molecular weight excluding hydrogens is 320 g/mol. The van der Waals surface area contributed by atoms with Crippen molar-refractivity contribution in [3.8, 4) is 0 Å². The van der Waals surface area contributed by atoms with Crippen LogP contribution < -0.4 is 10.2 Å². The molecular formula is C16H24N8O. The number of aromatic nitrogens is 5. The summed E-state index contributed by atoms with van der Waals surface area (Å²) in [4.78, 5) is 17.0. The van der Waals surface area contributed by atoms with Gasteiger partial charge in [0, 0.05) is 39.3 Å². The third-order valence-electron chi connectivity index (χ3n) is 5.10. The van der Waals surface area contributed by atoms with E-state index in [4.69, 9.17) is 0 Å². The first-order valence-corrected chi connectivity index (χ1v) is 8.89. The van der Waals surface area contributed by atoms with E-state index in [1.165, 1.54) is 12.8 Å². The second kappa shape index (κ2) is 6.83. The number of carbonyl (C=O) groups excluding carboxylic acids is 1. The van der Waals surface area contributed by atoms with Gasteiger partial charge in [0.1, 0.15) is 6.33 Å². The number of carbonyl (C=O) groups is 1. The summed E-state index contributed by atoms with van der Waals surface area (Å²) < 4.78 is 1.90. The molecule has 0 radical (unpaired) electrons. The van der Waals surface area contributed by atoms with Crippen molar-refractivity contribution in [2.75, 3.05) is 37.6 Å². The number of piperidine rings is 1. The van der Waals surface area contributed by atoms with Crippen LogP contribution in [0.3, 0.4) is 0 Å². The molecule has 1 amide bonds. The van der Waals surface area contributed by atoms with Crippen molar-refractivity contribution in [3.63, 3.8) is 0 Å². The third-order valence-corrected chi connectivity index (χ3v) is 5.10. The minimum absolute atomic E-state index is 0.0636. The largest absolute Gasteiger partial charge is 0.337 e. The molecule has 0 bridgehead atoms. The second-order valence-corrected chi connectivity index (χ2v) is 6.72. The Balaban J connectivity index is 1.43. The first kappa shape index (κ1) is 16.1. The molecule has 0 aromatic carbocycles. The number of piperazine rings is 1. The Labute approximate surface area is 146 Å². The number of hydrogen-bond acceptors (Lipinski definition) is 6. The number of H-pyrrole nitrogens is 1. The fourth-order valence-electron chi connectivity index (χ4n) is 3.67. The quantitative estimate of drug-likeness (QED) is 0.832. The summed E-state index contributed by atoms with van der Waals surface area (Å²) in [5.41, 5.74) is 1.63. The molecule has 0 spiro atoms. The van der Waals surface area contributed by atoms with Crippen LogP contribution in [-0.4, -0.2) is 68.5 Å². The summed E-state index contributed by atoms with van der Waals surface area (Å²) in [6.45, 7) is 3.86. The predicted octanol–water partition coefficient (Wildman–Crippen LogP) is 0.315. The fraction of sp³-hybridized carbons (Fsp3) is 0.625. The highest BCUT2D eigenvalue weighted by Gasteiger charge is 2.29. The molecule has 0 aliphatic carbocycles. The van der Waals surface area contributed by atoms with Gasteiger partial charge in [-0.1, -0.05) is 6.42 Å². The lowest BCUT2D eigenvalue weighted by Gasteiger charge is -2.35. The lowest BCUT2D eigenvalue weighted by molar-refractivity contribution is 0.0744. The number of anilines is 1. The molecule has 2 saturated heterocycles. The molecule has 2 N–H and O–H groups in total. The Morgan fingerprint density at radius 3 is 2.76 bits per heavy atom. The lowest BCUT2D eigenvalue weighted by atomic mass is 9.99. The highest BCUT2D eigenvalue weighted by atomic mass is 16.2. The van der Waals surface area contributed by atoms with E-state index in [1.807, 2.05) is 16.5 Å². The van der Waals surface area contributed by atoms with Crippen molar-refractivity contribution in [1.82, 2.24) is 35.2 Å². The summed E-state index contributed by atoms with van der Waals surface area (Å²) in [5, 5.41) is 18.7. The molecule has 134 valence electrons. The molecule has 1 atom stereocenters. The molecule has 4 rings (SSSR count). The van der Waals surface area contributed by atoms with Crippen LogP contribution in [0.4, 0.5) is 5.95 Å². The van der Waals surface area contributed by atoms with Gasteiger partial charge in [-0.25, -0.2) is 0 Å². The van der Waals surface area contributed by atoms with Crippen molar-refractivity contribution >= 4 is 11.9 Å². The molecule has 2 aliphatic heterocycles. The van der Waals surface area contributed by atoms with Crippen LogP contribution in [-0.2, 0) is 7.05 Å². The molecule has 9 heteroatoms. The molecule has 2 fully saturated rings. The second-order valence-electron chi connectivity index (χ2n) is 6.72. The summed E-state index contributed by atoms with van der Waals surface area (Å²) >= 11 is 0. The predicted molar refractivity (Wildman–Crippen MR) is 92.3 cm³/mol. The Bertz CT molecular complexity index is 724. The number of hydrogen-bond donors (Lipinski definition) is 2. The van der Waals surface area contributed by atoms with E-state index >= 15 is 0 Å². The molecule has 4 heterocycles. The first-order chi connectivity index (χ1) is 12.2. The number of nitrogens with zero attached hydrogens (tertiary/aromatic N) is 6. The van der Waals surface area contributed by atoms with Gasteiger partial charge in [-0.3, -0.25) is 9.89 Å². The van der Waals surface area contributed by atoms with E-state index < -0.39 is 0 Å². The van der Waals surface area contributed by atoms with Gasteiger partial charge in [-0.15, -0.1) is 10.2 Å². The number of amides is 1. The fourth-order valence-corrected chi connectivity index (χ4v) is 3.67. The summed E-state index contributed by atoms with van der Waals surface area (Å²) in [7, 11) is 1.93. The zero-order valence-electron chi connectivity index (χ0n) is 14.5. The van der Waals surface area contributed by atoms with E-state index in [9.17, 15) is 4.79 Å². The maximum Gasteiger partial charge on any atom is 0.257 e.